The lowest BCUT2D eigenvalue weighted by atomic mass is 10.2. The maximum atomic E-state index is 12.6. The molecule has 1 N–H and O–H groups in total. The molecule has 1 saturated heterocycles. The number of carbonyl (C=O) groups excluding carboxylic acids is 2. The second-order valence-corrected chi connectivity index (χ2v) is 8.10. The summed E-state index contributed by atoms with van der Waals surface area (Å²) in [5, 5.41) is 2.88. The Bertz CT molecular complexity index is 675. The number of anilines is 1. The molecular formula is C18H26BrN3O4. The Morgan fingerprint density at radius 2 is 1.96 bits per heavy atom. The molecule has 1 aliphatic heterocycles. The highest BCUT2D eigenvalue weighted by Gasteiger charge is 2.32. The zero-order valence-electron chi connectivity index (χ0n) is 15.8. The SMILES string of the molecule is COc1ccc(NC(=O)N2CCN(C(=O)OC(C)(C)C)C[C@H]2C)cc1Br. The van der Waals surface area contributed by atoms with Crippen molar-refractivity contribution in [1.82, 2.24) is 9.80 Å². The fourth-order valence-corrected chi connectivity index (χ4v) is 3.23. The number of nitrogens with zero attached hydrogens (tertiary/aromatic N) is 2. The van der Waals surface area contributed by atoms with Crippen LogP contribution in [0, 0.1) is 0 Å². The fourth-order valence-electron chi connectivity index (χ4n) is 2.69. The lowest BCUT2D eigenvalue weighted by molar-refractivity contribution is 0.0112. The average molecular weight is 428 g/mol. The summed E-state index contributed by atoms with van der Waals surface area (Å²) in [6.07, 6.45) is -0.344. The molecule has 0 bridgehead atoms. The van der Waals surface area contributed by atoms with Crippen LogP contribution in [0.15, 0.2) is 22.7 Å². The summed E-state index contributed by atoms with van der Waals surface area (Å²) in [6.45, 7) is 8.76. The maximum Gasteiger partial charge on any atom is 0.410 e. The van der Waals surface area contributed by atoms with Gasteiger partial charge < -0.3 is 24.6 Å². The van der Waals surface area contributed by atoms with Gasteiger partial charge in [0.15, 0.2) is 0 Å². The Morgan fingerprint density at radius 1 is 1.27 bits per heavy atom. The predicted molar refractivity (Wildman–Crippen MR) is 104 cm³/mol. The van der Waals surface area contributed by atoms with Crippen LogP contribution in [-0.2, 0) is 4.74 Å². The van der Waals surface area contributed by atoms with Crippen LogP contribution in [-0.4, -0.2) is 60.3 Å². The van der Waals surface area contributed by atoms with Crippen LogP contribution in [0.5, 0.6) is 5.75 Å². The molecule has 1 heterocycles. The number of halogens is 1. The van der Waals surface area contributed by atoms with Gasteiger partial charge in [-0.3, -0.25) is 0 Å². The highest BCUT2D eigenvalue weighted by Crippen LogP contribution is 2.28. The third kappa shape index (κ3) is 5.27. The van der Waals surface area contributed by atoms with Crippen molar-refractivity contribution in [3.8, 4) is 5.75 Å². The Balaban J connectivity index is 1.95. The van der Waals surface area contributed by atoms with E-state index in [1.807, 2.05) is 27.7 Å². The maximum absolute atomic E-state index is 12.6. The van der Waals surface area contributed by atoms with Crippen molar-refractivity contribution in [3.05, 3.63) is 22.7 Å². The van der Waals surface area contributed by atoms with Crippen LogP contribution in [0.2, 0.25) is 0 Å². The Kier molecular flexibility index (Phi) is 6.39. The van der Waals surface area contributed by atoms with Gasteiger partial charge in [0.1, 0.15) is 11.4 Å². The van der Waals surface area contributed by atoms with E-state index in [0.717, 1.165) is 4.47 Å². The first-order chi connectivity index (χ1) is 12.1. The Hall–Kier alpha value is -1.96. The molecule has 1 aliphatic rings. The highest BCUT2D eigenvalue weighted by molar-refractivity contribution is 9.10. The van der Waals surface area contributed by atoms with E-state index < -0.39 is 5.60 Å². The van der Waals surface area contributed by atoms with Gasteiger partial charge in [0, 0.05) is 31.4 Å². The molecule has 2 rings (SSSR count). The minimum atomic E-state index is -0.531. The average Bonchev–Trinajstić information content (AvgIpc) is 2.53. The number of ether oxygens (including phenoxy) is 2. The van der Waals surface area contributed by atoms with Gasteiger partial charge in [-0.1, -0.05) is 0 Å². The monoisotopic (exact) mass is 427 g/mol. The van der Waals surface area contributed by atoms with Crippen molar-refractivity contribution in [1.29, 1.82) is 0 Å². The van der Waals surface area contributed by atoms with Gasteiger partial charge >= 0.3 is 12.1 Å². The van der Waals surface area contributed by atoms with Crippen LogP contribution in [0.25, 0.3) is 0 Å². The predicted octanol–water partition coefficient (Wildman–Crippen LogP) is 3.93. The van der Waals surface area contributed by atoms with E-state index in [9.17, 15) is 9.59 Å². The van der Waals surface area contributed by atoms with Crippen LogP contribution >= 0.6 is 15.9 Å². The van der Waals surface area contributed by atoms with E-state index in [1.165, 1.54) is 0 Å². The zero-order valence-corrected chi connectivity index (χ0v) is 17.4. The standard InChI is InChI=1S/C18H26BrN3O4/c1-12-11-21(17(24)26-18(2,3)4)8-9-22(12)16(23)20-13-6-7-15(25-5)14(19)10-13/h6-7,10,12H,8-9,11H2,1-5H3,(H,20,23)/t12-/m1/s1. The largest absolute Gasteiger partial charge is 0.496 e. The summed E-state index contributed by atoms with van der Waals surface area (Å²) in [4.78, 5) is 28.1. The van der Waals surface area contributed by atoms with Crippen molar-refractivity contribution >= 4 is 33.7 Å². The van der Waals surface area contributed by atoms with Crippen LogP contribution < -0.4 is 10.1 Å². The van der Waals surface area contributed by atoms with Crippen LogP contribution in [0.1, 0.15) is 27.7 Å². The molecule has 0 aromatic heterocycles. The van der Waals surface area contributed by atoms with E-state index in [-0.39, 0.29) is 18.2 Å². The highest BCUT2D eigenvalue weighted by atomic mass is 79.9. The third-order valence-electron chi connectivity index (χ3n) is 3.94. The molecule has 7 nitrogen and oxygen atoms in total. The van der Waals surface area contributed by atoms with Gasteiger partial charge in [0.05, 0.1) is 11.6 Å². The van der Waals surface area contributed by atoms with Crippen molar-refractivity contribution in [2.75, 3.05) is 32.1 Å². The van der Waals surface area contributed by atoms with E-state index in [1.54, 1.807) is 35.1 Å². The van der Waals surface area contributed by atoms with Gasteiger partial charge in [-0.2, -0.15) is 0 Å². The number of amides is 3. The Labute approximate surface area is 162 Å². The third-order valence-corrected chi connectivity index (χ3v) is 4.56. The molecule has 0 aliphatic carbocycles. The molecule has 26 heavy (non-hydrogen) atoms. The summed E-state index contributed by atoms with van der Waals surface area (Å²) in [7, 11) is 1.59. The van der Waals surface area contributed by atoms with E-state index in [0.29, 0.717) is 31.1 Å². The smallest absolute Gasteiger partial charge is 0.410 e. The van der Waals surface area contributed by atoms with E-state index >= 15 is 0 Å². The molecule has 1 atom stereocenters. The first-order valence-corrected chi connectivity index (χ1v) is 9.29. The van der Waals surface area contributed by atoms with Gasteiger partial charge in [-0.15, -0.1) is 0 Å². The second-order valence-electron chi connectivity index (χ2n) is 7.25. The molecule has 144 valence electrons. The van der Waals surface area contributed by atoms with Crippen molar-refractivity contribution < 1.29 is 19.1 Å². The topological polar surface area (TPSA) is 71.1 Å². The van der Waals surface area contributed by atoms with Crippen LogP contribution in [0.4, 0.5) is 15.3 Å². The molecule has 1 aromatic carbocycles. The minimum Gasteiger partial charge on any atom is -0.496 e. The number of piperazine rings is 1. The number of benzene rings is 1. The number of hydrogen-bond acceptors (Lipinski definition) is 4. The van der Waals surface area contributed by atoms with Gasteiger partial charge in [-0.25, -0.2) is 9.59 Å². The van der Waals surface area contributed by atoms with Gasteiger partial charge in [-0.05, 0) is 61.8 Å². The summed E-state index contributed by atoms with van der Waals surface area (Å²) in [5.41, 5.74) is 0.140. The first-order valence-electron chi connectivity index (χ1n) is 8.50. The summed E-state index contributed by atoms with van der Waals surface area (Å²) in [6, 6.07) is 5.04. The lowest BCUT2D eigenvalue weighted by Crippen LogP contribution is -2.57. The molecule has 0 unspecified atom stereocenters. The normalized spacial score (nSPS) is 17.7. The summed E-state index contributed by atoms with van der Waals surface area (Å²) < 4.78 is 11.4. The Morgan fingerprint density at radius 3 is 2.50 bits per heavy atom. The molecular weight excluding hydrogens is 402 g/mol. The molecule has 0 radical (unpaired) electrons. The number of nitrogens with one attached hydrogen (secondary N) is 1. The van der Waals surface area contributed by atoms with Crippen molar-refractivity contribution in [2.45, 2.75) is 39.3 Å². The van der Waals surface area contributed by atoms with Gasteiger partial charge in [0.2, 0.25) is 0 Å². The molecule has 1 fully saturated rings. The zero-order chi connectivity index (χ0) is 19.5. The van der Waals surface area contributed by atoms with Crippen molar-refractivity contribution in [2.24, 2.45) is 0 Å². The minimum absolute atomic E-state index is 0.113. The van der Waals surface area contributed by atoms with E-state index in [2.05, 4.69) is 21.2 Å². The molecule has 8 heteroatoms. The molecule has 0 saturated carbocycles. The first kappa shape index (κ1) is 20.4. The second kappa shape index (κ2) is 8.16. The van der Waals surface area contributed by atoms with Gasteiger partial charge in [0.25, 0.3) is 0 Å². The number of rotatable bonds is 2. The molecule has 3 amide bonds. The molecule has 1 aromatic rings. The molecule has 0 spiro atoms. The van der Waals surface area contributed by atoms with E-state index in [4.69, 9.17) is 9.47 Å². The number of carbonyl (C=O) groups is 2. The fraction of sp³-hybridized carbons (Fsp3) is 0.556. The summed E-state index contributed by atoms with van der Waals surface area (Å²) in [5.74, 6) is 0.697. The lowest BCUT2D eigenvalue weighted by Gasteiger charge is -2.40. The summed E-state index contributed by atoms with van der Waals surface area (Å²) >= 11 is 3.40. The van der Waals surface area contributed by atoms with Crippen molar-refractivity contribution in [3.63, 3.8) is 0 Å². The quantitative estimate of drug-likeness (QED) is 0.775. The number of urea groups is 1. The number of methoxy groups -OCH3 is 1. The number of hydrogen-bond donors (Lipinski definition) is 1. The van der Waals surface area contributed by atoms with Crippen LogP contribution in [0.3, 0.4) is 0 Å².